The Morgan fingerprint density at radius 2 is 1.68 bits per heavy atom. The van der Waals surface area contributed by atoms with Crippen LogP contribution in [0.4, 0.5) is 18.9 Å². The van der Waals surface area contributed by atoms with E-state index in [0.717, 1.165) is 41.1 Å². The third-order valence-electron chi connectivity index (χ3n) is 5.49. The molecule has 0 fully saturated rings. The molecular formula is C29H34ClF3N2O5S. The maximum absolute atomic E-state index is 12.4. The van der Waals surface area contributed by atoms with Gasteiger partial charge in [0.05, 0.1) is 16.4 Å². The van der Waals surface area contributed by atoms with Gasteiger partial charge in [-0.15, -0.1) is 0 Å². The van der Waals surface area contributed by atoms with Crippen LogP contribution in [-0.4, -0.2) is 45.8 Å². The number of hydrogen-bond acceptors (Lipinski definition) is 5. The van der Waals surface area contributed by atoms with E-state index in [1.54, 1.807) is 6.92 Å². The van der Waals surface area contributed by atoms with Crippen LogP contribution < -0.4 is 10.6 Å². The molecule has 1 amide bonds. The van der Waals surface area contributed by atoms with Gasteiger partial charge in [-0.2, -0.15) is 13.2 Å². The number of benzene rings is 3. The molecule has 224 valence electrons. The Hall–Kier alpha value is -3.41. The molecule has 0 bridgehead atoms. The molecule has 3 N–H and O–H groups in total. The maximum atomic E-state index is 12.4. The van der Waals surface area contributed by atoms with Crippen molar-refractivity contribution in [2.75, 3.05) is 25.2 Å². The van der Waals surface area contributed by atoms with Gasteiger partial charge in [-0.25, -0.2) is 8.42 Å². The minimum absolute atomic E-state index is 0.158. The number of carboxylic acid groups (broad SMARTS) is 1. The second-order valence-corrected chi connectivity index (χ2v) is 11.4. The van der Waals surface area contributed by atoms with Gasteiger partial charge in [-0.3, -0.25) is 9.59 Å². The molecule has 0 aliphatic heterocycles. The minimum atomic E-state index is -4.73. The lowest BCUT2D eigenvalue weighted by molar-refractivity contribution is -0.141. The fourth-order valence-corrected chi connectivity index (χ4v) is 4.49. The summed E-state index contributed by atoms with van der Waals surface area (Å²) in [7, 11) is -1.95. The average Bonchev–Trinajstić information content (AvgIpc) is 2.89. The van der Waals surface area contributed by atoms with Crippen LogP contribution in [0.1, 0.15) is 31.4 Å². The van der Waals surface area contributed by atoms with Crippen LogP contribution in [0.3, 0.4) is 0 Å². The van der Waals surface area contributed by atoms with Crippen molar-refractivity contribution in [3.8, 4) is 11.1 Å². The van der Waals surface area contributed by atoms with Crippen molar-refractivity contribution in [2.45, 2.75) is 37.8 Å². The molecule has 0 heterocycles. The van der Waals surface area contributed by atoms with Gasteiger partial charge in [0.25, 0.3) is 0 Å². The molecule has 0 aliphatic rings. The second-order valence-electron chi connectivity index (χ2n) is 9.00. The van der Waals surface area contributed by atoms with Crippen molar-refractivity contribution in [3.63, 3.8) is 0 Å². The zero-order valence-electron chi connectivity index (χ0n) is 23.1. The van der Waals surface area contributed by atoms with E-state index >= 15 is 0 Å². The lowest BCUT2D eigenvalue weighted by Crippen LogP contribution is -2.12. The lowest BCUT2D eigenvalue weighted by atomic mass is 9.98. The number of hydrogen-bond donors (Lipinski definition) is 3. The van der Waals surface area contributed by atoms with Crippen molar-refractivity contribution in [3.05, 3.63) is 82.9 Å². The lowest BCUT2D eigenvalue weighted by Gasteiger charge is -2.11. The first kappa shape index (κ1) is 35.6. The molecule has 7 nitrogen and oxygen atoms in total. The summed E-state index contributed by atoms with van der Waals surface area (Å²) in [6.45, 7) is 4.99. The average molecular weight is 615 g/mol. The van der Waals surface area contributed by atoms with Gasteiger partial charge in [0, 0.05) is 17.0 Å². The Labute approximate surface area is 243 Å². The number of alkyl halides is 3. The molecule has 3 aromatic rings. The third-order valence-corrected chi connectivity index (χ3v) is 6.88. The van der Waals surface area contributed by atoms with Crippen LogP contribution in [0, 0.1) is 5.92 Å². The molecule has 1 atom stereocenters. The normalized spacial score (nSPS) is 11.7. The quantitative estimate of drug-likeness (QED) is 0.235. The zero-order chi connectivity index (χ0) is 31.2. The summed E-state index contributed by atoms with van der Waals surface area (Å²) in [6, 6.07) is 17.9. The number of rotatable bonds is 9. The second kappa shape index (κ2) is 16.8. The smallest absolute Gasteiger partial charge is 0.417 e. The zero-order valence-corrected chi connectivity index (χ0v) is 24.7. The number of anilines is 1. The van der Waals surface area contributed by atoms with E-state index in [2.05, 4.69) is 17.6 Å². The number of carbonyl (C=O) groups excluding carboxylic acids is 1. The highest BCUT2D eigenvalue weighted by molar-refractivity contribution is 7.90. The number of carboxylic acids is 1. The van der Waals surface area contributed by atoms with Crippen molar-refractivity contribution < 1.29 is 36.3 Å². The van der Waals surface area contributed by atoms with Gasteiger partial charge >= 0.3 is 12.1 Å². The monoisotopic (exact) mass is 614 g/mol. The summed E-state index contributed by atoms with van der Waals surface area (Å²) in [4.78, 5) is 20.6. The van der Waals surface area contributed by atoms with Crippen LogP contribution in [0.25, 0.3) is 11.1 Å². The van der Waals surface area contributed by atoms with E-state index in [9.17, 15) is 31.2 Å². The molecule has 3 rings (SSSR count). The number of sulfone groups is 1. The Kier molecular flexibility index (Phi) is 14.6. The summed E-state index contributed by atoms with van der Waals surface area (Å²) in [5, 5.41) is 14.4. The summed E-state index contributed by atoms with van der Waals surface area (Å²) >= 11 is 5.38. The SMILES string of the molecule is CC(Cc1ccc(-c2cccc(NC=O)c2)cc1)C(=O)O.CCCNC.CS(=O)(=O)c1ccc(Cl)cc1C(F)(F)F. The fraction of sp³-hybridized carbons (Fsp3) is 0.310. The van der Waals surface area contributed by atoms with Gasteiger partial charge < -0.3 is 15.7 Å². The molecule has 41 heavy (non-hydrogen) atoms. The minimum Gasteiger partial charge on any atom is -0.481 e. The molecule has 0 saturated carbocycles. The molecule has 0 aliphatic carbocycles. The number of halogens is 4. The number of amides is 1. The highest BCUT2D eigenvalue weighted by atomic mass is 35.5. The summed E-state index contributed by atoms with van der Waals surface area (Å²) in [6.07, 6.45) is -1.62. The van der Waals surface area contributed by atoms with Gasteiger partial charge in [0.2, 0.25) is 6.41 Å². The van der Waals surface area contributed by atoms with Crippen LogP contribution in [0.5, 0.6) is 0 Å². The number of nitrogens with one attached hydrogen (secondary N) is 2. The van der Waals surface area contributed by atoms with Crippen molar-refractivity contribution in [2.24, 2.45) is 5.92 Å². The highest BCUT2D eigenvalue weighted by Gasteiger charge is 2.36. The van der Waals surface area contributed by atoms with Crippen LogP contribution >= 0.6 is 11.6 Å². The van der Waals surface area contributed by atoms with Gasteiger partial charge in [0.15, 0.2) is 9.84 Å². The topological polar surface area (TPSA) is 113 Å². The molecule has 0 aromatic heterocycles. The van der Waals surface area contributed by atoms with Crippen molar-refractivity contribution in [1.82, 2.24) is 5.32 Å². The van der Waals surface area contributed by atoms with E-state index in [0.29, 0.717) is 25.2 Å². The number of aliphatic carboxylic acids is 1. The van der Waals surface area contributed by atoms with Crippen LogP contribution in [0.15, 0.2) is 71.6 Å². The van der Waals surface area contributed by atoms with E-state index < -0.39 is 38.4 Å². The first-order valence-corrected chi connectivity index (χ1v) is 14.7. The van der Waals surface area contributed by atoms with Crippen LogP contribution in [0.2, 0.25) is 5.02 Å². The summed E-state index contributed by atoms with van der Waals surface area (Å²) in [5.41, 5.74) is 2.52. The third kappa shape index (κ3) is 12.8. The largest absolute Gasteiger partial charge is 0.481 e. The van der Waals surface area contributed by atoms with E-state index in [1.165, 1.54) is 6.42 Å². The van der Waals surface area contributed by atoms with Gasteiger partial charge in [0.1, 0.15) is 0 Å². The van der Waals surface area contributed by atoms with Crippen molar-refractivity contribution >= 4 is 39.5 Å². The highest BCUT2D eigenvalue weighted by Crippen LogP contribution is 2.35. The summed E-state index contributed by atoms with van der Waals surface area (Å²) < 4.78 is 59.4. The Morgan fingerprint density at radius 3 is 2.15 bits per heavy atom. The van der Waals surface area contributed by atoms with Gasteiger partial charge in [-0.05, 0) is 73.5 Å². The molecule has 0 spiro atoms. The Morgan fingerprint density at radius 1 is 1.05 bits per heavy atom. The molecule has 1 unspecified atom stereocenters. The molecule has 12 heteroatoms. The predicted octanol–water partition coefficient (Wildman–Crippen LogP) is 6.56. The molecular weight excluding hydrogens is 581 g/mol. The first-order chi connectivity index (χ1) is 19.1. The van der Waals surface area contributed by atoms with E-state index in [-0.39, 0.29) is 5.02 Å². The Balaban J connectivity index is 0.000000367. The fourth-order valence-electron chi connectivity index (χ4n) is 3.43. The van der Waals surface area contributed by atoms with Crippen molar-refractivity contribution in [1.29, 1.82) is 0 Å². The molecule has 3 aromatic carbocycles. The molecule has 0 saturated heterocycles. The van der Waals surface area contributed by atoms with E-state index in [4.69, 9.17) is 16.7 Å². The Bertz CT molecular complexity index is 1380. The van der Waals surface area contributed by atoms with Crippen LogP contribution in [-0.2, 0) is 32.0 Å². The standard InChI is InChI=1S/C17H17NO3.C8H6ClF3O2S.C4H11N/c1-12(17(20)21)9-13-5-7-14(8-6-13)15-3-2-4-16(10-15)18-11-19;1-15(13,14)7-3-2-5(9)4-6(7)8(10,11)12;1-3-4-5-2/h2-8,10-12H,9H2,1H3,(H,18,19)(H,20,21);2-4H,1H3;5H,3-4H2,1-2H3. The molecule has 0 radical (unpaired) electrons. The summed E-state index contributed by atoms with van der Waals surface area (Å²) in [5.74, 6) is -1.18. The van der Waals surface area contributed by atoms with Gasteiger partial charge in [-0.1, -0.05) is 61.8 Å². The number of carbonyl (C=O) groups is 2. The predicted molar refractivity (Wildman–Crippen MR) is 156 cm³/mol. The maximum Gasteiger partial charge on any atom is 0.417 e. The van der Waals surface area contributed by atoms with E-state index in [1.807, 2.05) is 55.6 Å². The first-order valence-electron chi connectivity index (χ1n) is 12.5.